The zero-order valence-electron chi connectivity index (χ0n) is 8.77. The van der Waals surface area contributed by atoms with E-state index in [2.05, 4.69) is 20.7 Å². The topological polar surface area (TPSA) is 93.2 Å². The molecule has 1 aromatic rings. The zero-order chi connectivity index (χ0) is 13.0. The third kappa shape index (κ3) is 2.79. The van der Waals surface area contributed by atoms with E-state index in [1.807, 2.05) is 6.07 Å². The first-order chi connectivity index (χ1) is 8.01. The minimum Gasteiger partial charge on any atom is -0.469 e. The Hall–Kier alpha value is -1.94. The van der Waals surface area contributed by atoms with Gasteiger partial charge in [0.15, 0.2) is 0 Å². The van der Waals surface area contributed by atoms with Crippen molar-refractivity contribution in [2.45, 2.75) is 6.42 Å². The number of ether oxygens (including phenoxy) is 1. The smallest absolute Gasteiger partial charge is 0.310 e. The normalized spacial score (nSPS) is 9.47. The Morgan fingerprint density at radius 1 is 1.65 bits per heavy atom. The predicted molar refractivity (Wildman–Crippen MR) is 61.2 cm³/mol. The van der Waals surface area contributed by atoms with Crippen LogP contribution in [0.1, 0.15) is 11.1 Å². The highest BCUT2D eigenvalue weighted by Crippen LogP contribution is 2.31. The number of nitriles is 1. The summed E-state index contributed by atoms with van der Waals surface area (Å²) in [6, 6.07) is 4.63. The van der Waals surface area contributed by atoms with Gasteiger partial charge in [0.2, 0.25) is 0 Å². The first-order valence-electron chi connectivity index (χ1n) is 4.44. The third-order valence-electron chi connectivity index (χ3n) is 2.09. The summed E-state index contributed by atoms with van der Waals surface area (Å²) in [6.07, 6.45) is -0.310. The maximum Gasteiger partial charge on any atom is 0.310 e. The van der Waals surface area contributed by atoms with Crippen LogP contribution in [0.5, 0.6) is 0 Å². The summed E-state index contributed by atoms with van der Waals surface area (Å²) in [6.45, 7) is 0. The molecule has 1 aromatic carbocycles. The standard InChI is InChI=1S/C10H7BrN2O4/c1-17-9(14)4-7-6(5-12)2-3-8(11)10(7)13(15)16/h2-3H,4H2,1H3. The summed E-state index contributed by atoms with van der Waals surface area (Å²) in [4.78, 5) is 21.4. The lowest BCUT2D eigenvalue weighted by atomic mass is 10.0. The average Bonchev–Trinajstić information content (AvgIpc) is 2.28. The van der Waals surface area contributed by atoms with E-state index in [1.54, 1.807) is 0 Å². The van der Waals surface area contributed by atoms with E-state index in [0.717, 1.165) is 0 Å². The largest absolute Gasteiger partial charge is 0.469 e. The van der Waals surface area contributed by atoms with Crippen LogP contribution in [0.15, 0.2) is 16.6 Å². The van der Waals surface area contributed by atoms with Gasteiger partial charge in [0.25, 0.3) is 5.69 Å². The van der Waals surface area contributed by atoms with E-state index in [4.69, 9.17) is 5.26 Å². The molecule has 6 nitrogen and oxygen atoms in total. The Kier molecular flexibility index (Phi) is 4.17. The van der Waals surface area contributed by atoms with Gasteiger partial charge in [-0.1, -0.05) is 0 Å². The molecule has 0 saturated carbocycles. The molecule has 0 N–H and O–H groups in total. The second kappa shape index (κ2) is 5.41. The molecule has 0 bridgehead atoms. The minimum atomic E-state index is -0.636. The van der Waals surface area contributed by atoms with Gasteiger partial charge in [-0.2, -0.15) is 5.26 Å². The molecule has 0 spiro atoms. The number of benzene rings is 1. The molecule has 0 unspecified atom stereocenters. The van der Waals surface area contributed by atoms with Crippen molar-refractivity contribution < 1.29 is 14.5 Å². The van der Waals surface area contributed by atoms with Crippen molar-refractivity contribution >= 4 is 27.6 Å². The number of rotatable bonds is 3. The van der Waals surface area contributed by atoms with Crippen molar-refractivity contribution in [3.8, 4) is 6.07 Å². The summed E-state index contributed by atoms with van der Waals surface area (Å²) in [5.74, 6) is -0.636. The summed E-state index contributed by atoms with van der Waals surface area (Å²) in [7, 11) is 1.18. The fourth-order valence-electron chi connectivity index (χ4n) is 1.31. The SMILES string of the molecule is COC(=O)Cc1c(C#N)ccc(Br)c1[N+](=O)[O-]. The van der Waals surface area contributed by atoms with Gasteiger partial charge in [-0.3, -0.25) is 14.9 Å². The number of methoxy groups -OCH3 is 1. The quantitative estimate of drug-likeness (QED) is 0.483. The molecule has 0 aliphatic rings. The lowest BCUT2D eigenvalue weighted by Crippen LogP contribution is -2.09. The Balaban J connectivity index is 3.41. The first-order valence-corrected chi connectivity index (χ1v) is 5.23. The van der Waals surface area contributed by atoms with Crippen molar-refractivity contribution in [2.24, 2.45) is 0 Å². The minimum absolute atomic E-state index is 0.0544. The molecule has 0 heterocycles. The highest BCUT2D eigenvalue weighted by molar-refractivity contribution is 9.10. The van der Waals surface area contributed by atoms with Crippen molar-refractivity contribution in [2.75, 3.05) is 7.11 Å². The second-order valence-electron chi connectivity index (χ2n) is 3.04. The van der Waals surface area contributed by atoms with E-state index in [1.165, 1.54) is 19.2 Å². The monoisotopic (exact) mass is 298 g/mol. The van der Waals surface area contributed by atoms with E-state index in [9.17, 15) is 14.9 Å². The first kappa shape index (κ1) is 13.1. The van der Waals surface area contributed by atoms with Gasteiger partial charge in [-0.05, 0) is 28.1 Å². The van der Waals surface area contributed by atoms with Gasteiger partial charge in [0.1, 0.15) is 0 Å². The highest BCUT2D eigenvalue weighted by atomic mass is 79.9. The van der Waals surface area contributed by atoms with Gasteiger partial charge in [-0.15, -0.1) is 0 Å². The molecular formula is C10H7BrN2O4. The van der Waals surface area contributed by atoms with E-state index in [-0.39, 0.29) is 27.7 Å². The lowest BCUT2D eigenvalue weighted by Gasteiger charge is -2.05. The van der Waals surface area contributed by atoms with Gasteiger partial charge in [0.05, 0.1) is 40.1 Å². The van der Waals surface area contributed by atoms with Crippen LogP contribution in [-0.4, -0.2) is 18.0 Å². The van der Waals surface area contributed by atoms with E-state index >= 15 is 0 Å². The molecular weight excluding hydrogens is 292 g/mol. The molecule has 0 aliphatic carbocycles. The number of nitrogens with zero attached hydrogens (tertiary/aromatic N) is 2. The van der Waals surface area contributed by atoms with Gasteiger partial charge in [-0.25, -0.2) is 0 Å². The molecule has 0 saturated heterocycles. The number of nitro groups is 1. The molecule has 0 aromatic heterocycles. The molecule has 0 amide bonds. The average molecular weight is 299 g/mol. The molecule has 0 atom stereocenters. The summed E-state index contributed by atoms with van der Waals surface area (Å²) >= 11 is 3.02. The van der Waals surface area contributed by atoms with E-state index < -0.39 is 10.9 Å². The van der Waals surface area contributed by atoms with Crippen molar-refractivity contribution in [1.29, 1.82) is 5.26 Å². The van der Waals surface area contributed by atoms with Crippen LogP contribution in [0.2, 0.25) is 0 Å². The molecule has 0 aliphatic heterocycles. The summed E-state index contributed by atoms with van der Waals surface area (Å²) < 4.78 is 4.66. The molecule has 88 valence electrons. The Labute approximate surface area is 105 Å². The maximum absolute atomic E-state index is 11.2. The van der Waals surface area contributed by atoms with Crippen LogP contribution in [-0.2, 0) is 16.0 Å². The van der Waals surface area contributed by atoms with Crippen LogP contribution in [0.3, 0.4) is 0 Å². The molecule has 1 rings (SSSR count). The van der Waals surface area contributed by atoms with Crippen LogP contribution < -0.4 is 0 Å². The Bertz CT molecular complexity index is 522. The maximum atomic E-state index is 11.2. The van der Waals surface area contributed by atoms with Crippen LogP contribution in [0.4, 0.5) is 5.69 Å². The van der Waals surface area contributed by atoms with Crippen molar-refractivity contribution in [3.05, 3.63) is 37.8 Å². The fraction of sp³-hybridized carbons (Fsp3) is 0.200. The van der Waals surface area contributed by atoms with Crippen LogP contribution >= 0.6 is 15.9 Å². The molecule has 0 radical (unpaired) electrons. The van der Waals surface area contributed by atoms with Crippen LogP contribution in [0, 0.1) is 21.4 Å². The molecule has 7 heteroatoms. The zero-order valence-corrected chi connectivity index (χ0v) is 10.4. The number of halogens is 1. The summed E-state index contributed by atoms with van der Waals surface area (Å²) in [5.41, 5.74) is -0.140. The van der Waals surface area contributed by atoms with Crippen molar-refractivity contribution in [3.63, 3.8) is 0 Å². The predicted octanol–water partition coefficient (Wildman–Crippen LogP) is 1.94. The molecule has 0 fully saturated rings. The van der Waals surface area contributed by atoms with E-state index in [0.29, 0.717) is 0 Å². The number of esters is 1. The highest BCUT2D eigenvalue weighted by Gasteiger charge is 2.24. The summed E-state index contributed by atoms with van der Waals surface area (Å²) in [5, 5.41) is 19.8. The number of hydrogen-bond acceptors (Lipinski definition) is 5. The number of carbonyl (C=O) groups excluding carboxylic acids is 1. The second-order valence-corrected chi connectivity index (χ2v) is 3.90. The van der Waals surface area contributed by atoms with Gasteiger partial charge in [0, 0.05) is 0 Å². The lowest BCUT2D eigenvalue weighted by molar-refractivity contribution is -0.386. The van der Waals surface area contributed by atoms with Crippen molar-refractivity contribution in [1.82, 2.24) is 0 Å². The number of carbonyl (C=O) groups is 1. The number of hydrogen-bond donors (Lipinski definition) is 0. The number of nitro benzene ring substituents is 1. The molecule has 17 heavy (non-hydrogen) atoms. The Morgan fingerprint density at radius 2 is 2.29 bits per heavy atom. The van der Waals surface area contributed by atoms with Crippen LogP contribution in [0.25, 0.3) is 0 Å². The third-order valence-corrected chi connectivity index (χ3v) is 2.73. The Morgan fingerprint density at radius 3 is 2.76 bits per heavy atom. The van der Waals surface area contributed by atoms with Gasteiger partial charge < -0.3 is 4.74 Å². The fourth-order valence-corrected chi connectivity index (χ4v) is 1.82. The van der Waals surface area contributed by atoms with Gasteiger partial charge >= 0.3 is 5.97 Å².